The van der Waals surface area contributed by atoms with E-state index in [0.717, 1.165) is 116 Å². The average Bonchev–Trinajstić information content (AvgIpc) is 0.831. The summed E-state index contributed by atoms with van der Waals surface area (Å²) in [6.07, 6.45) is 103. The van der Waals surface area contributed by atoms with Crippen molar-refractivity contribution < 1.29 is 39.8 Å². The van der Waals surface area contributed by atoms with Crippen LogP contribution in [0.2, 0.25) is 0 Å². The topological polar surface area (TPSA) is 149 Å². The fourth-order valence-corrected chi connectivity index (χ4v) is 11.9. The highest BCUT2D eigenvalue weighted by molar-refractivity contribution is 5.76. The van der Waals surface area contributed by atoms with Gasteiger partial charge in [0.05, 0.1) is 25.4 Å². The summed E-state index contributed by atoms with van der Waals surface area (Å²) in [5.41, 5.74) is 0. The van der Waals surface area contributed by atoms with E-state index in [2.05, 4.69) is 141 Å². The van der Waals surface area contributed by atoms with Gasteiger partial charge in [0.2, 0.25) is 5.91 Å². The normalized spacial score (nSPS) is 18.3. The quantitative estimate of drug-likeness (QED) is 0.0261. The number of aliphatic hydroxyl groups is 5. The van der Waals surface area contributed by atoms with Crippen LogP contribution < -0.4 is 5.32 Å². The summed E-state index contributed by atoms with van der Waals surface area (Å²) in [7, 11) is 0. The van der Waals surface area contributed by atoms with E-state index in [-0.39, 0.29) is 12.5 Å². The molecule has 0 aromatic heterocycles. The first kappa shape index (κ1) is 88.3. The molecule has 0 bridgehead atoms. The Bertz CT molecular complexity index is 1960. The fourth-order valence-electron chi connectivity index (χ4n) is 11.9. The third kappa shape index (κ3) is 59.6. The molecule has 0 spiro atoms. The number of carbonyl (C=O) groups is 1. The number of amides is 1. The average molecular weight is 1310 g/mol. The van der Waals surface area contributed by atoms with Gasteiger partial charge < -0.3 is 40.3 Å². The number of ether oxygens (including phenoxy) is 2. The highest BCUT2D eigenvalue weighted by Crippen LogP contribution is 2.23. The van der Waals surface area contributed by atoms with Crippen LogP contribution in [-0.2, 0) is 14.3 Å². The predicted octanol–water partition coefficient (Wildman–Crippen LogP) is 22.7. The van der Waals surface area contributed by atoms with E-state index in [1.165, 1.54) is 205 Å². The van der Waals surface area contributed by atoms with E-state index in [9.17, 15) is 30.3 Å². The second kappa shape index (κ2) is 72.1. The molecular formula is C85H147NO8. The van der Waals surface area contributed by atoms with Crippen molar-refractivity contribution in [3.63, 3.8) is 0 Å². The first-order valence-corrected chi connectivity index (χ1v) is 39.4. The fraction of sp³-hybridized carbons (Fsp3) is 0.729. The number of carbonyl (C=O) groups excluding carboxylic acids is 1. The minimum atomic E-state index is -1.58. The van der Waals surface area contributed by atoms with E-state index in [4.69, 9.17) is 9.47 Å². The van der Waals surface area contributed by atoms with E-state index >= 15 is 0 Å². The van der Waals surface area contributed by atoms with Crippen molar-refractivity contribution in [3.8, 4) is 0 Å². The molecule has 0 aliphatic carbocycles. The van der Waals surface area contributed by atoms with Gasteiger partial charge in [0.1, 0.15) is 24.4 Å². The van der Waals surface area contributed by atoms with Gasteiger partial charge in [-0.2, -0.15) is 0 Å². The summed E-state index contributed by atoms with van der Waals surface area (Å²) in [5, 5.41) is 54.9. The molecule has 1 saturated heterocycles. The van der Waals surface area contributed by atoms with Crippen molar-refractivity contribution in [3.05, 3.63) is 134 Å². The Morgan fingerprint density at radius 2 is 0.660 bits per heavy atom. The molecule has 1 fully saturated rings. The number of unbranched alkanes of at least 4 members (excludes halogenated alkanes) is 38. The molecule has 1 heterocycles. The van der Waals surface area contributed by atoms with Crippen molar-refractivity contribution in [2.45, 2.75) is 384 Å². The highest BCUT2D eigenvalue weighted by Gasteiger charge is 2.44. The lowest BCUT2D eigenvalue weighted by Crippen LogP contribution is -2.60. The van der Waals surface area contributed by atoms with E-state index in [1.54, 1.807) is 6.08 Å². The molecule has 1 aliphatic rings. The van der Waals surface area contributed by atoms with Crippen LogP contribution in [0.3, 0.4) is 0 Å². The third-order valence-corrected chi connectivity index (χ3v) is 18.0. The molecule has 9 heteroatoms. The molecule has 1 amide bonds. The lowest BCUT2D eigenvalue weighted by molar-refractivity contribution is -0.302. The molecule has 0 saturated carbocycles. The standard InChI is InChI=1S/C85H147NO8/c1-3-5-7-9-11-13-15-17-19-21-23-25-27-29-31-33-35-36-37-38-39-40-41-42-43-44-45-47-49-51-53-55-57-59-61-63-65-67-69-71-73-75-81(89)86-78(77-93-85-84(92)83(91)82(90)80(76-87)94-85)79(88)74-72-70-68-66-64-62-60-58-56-54-52-50-48-46-34-32-30-28-26-24-22-20-18-16-14-12-10-8-6-4-2/h5,7,11,13,17,19,23,25,29,31,35-36,38-39,41-42,44-45,49,51,72,74,78-80,82-85,87-88,90-92H,3-4,6,8-10,12,14-16,18,20-22,24,26-28,30,32-34,37,40,43,46-48,50,52-71,73,75-77H2,1-2H3,(H,86,89)/b7-5-,13-11-,19-17-,25-23-,31-29-,36-35-,39-38-,42-41-,45-44-,51-49-,74-72+. The summed E-state index contributed by atoms with van der Waals surface area (Å²) in [4.78, 5) is 13.2. The lowest BCUT2D eigenvalue weighted by atomic mass is 9.99. The molecule has 7 atom stereocenters. The largest absolute Gasteiger partial charge is 0.394 e. The Morgan fingerprint density at radius 1 is 0.372 bits per heavy atom. The van der Waals surface area contributed by atoms with Gasteiger partial charge >= 0.3 is 0 Å². The SMILES string of the molecule is CC/C=C\C/C=C\C/C=C\C/C=C\C/C=C\C/C=C\C/C=C\C/C=C\C/C=C\C/C=C\CCCCCCCCCCCCC(=O)NC(COC1OC(CO)C(O)C(O)C1O)C(O)/C=C/CCCCCCCCCCCCCCCCCCCCCCCCCCCCCC. The maximum Gasteiger partial charge on any atom is 0.220 e. The van der Waals surface area contributed by atoms with Crippen LogP contribution in [0, 0.1) is 0 Å². The third-order valence-electron chi connectivity index (χ3n) is 18.0. The molecule has 1 aliphatic heterocycles. The Kier molecular flexibility index (Phi) is 67.7. The van der Waals surface area contributed by atoms with Gasteiger partial charge in [0, 0.05) is 6.42 Å². The number of aliphatic hydroxyl groups excluding tert-OH is 5. The van der Waals surface area contributed by atoms with Gasteiger partial charge in [-0.05, 0) is 96.3 Å². The van der Waals surface area contributed by atoms with Crippen molar-refractivity contribution in [2.24, 2.45) is 0 Å². The number of hydrogen-bond acceptors (Lipinski definition) is 8. The van der Waals surface area contributed by atoms with Gasteiger partial charge in [0.25, 0.3) is 0 Å². The lowest BCUT2D eigenvalue weighted by Gasteiger charge is -2.40. The maximum absolute atomic E-state index is 13.2. The Balaban J connectivity index is 2.12. The zero-order valence-electron chi connectivity index (χ0n) is 60.7. The van der Waals surface area contributed by atoms with Crippen LogP contribution in [0.15, 0.2) is 134 Å². The van der Waals surface area contributed by atoms with Crippen LogP contribution in [0.4, 0.5) is 0 Å². The van der Waals surface area contributed by atoms with Crippen LogP contribution in [-0.4, -0.2) is 87.5 Å². The highest BCUT2D eigenvalue weighted by atomic mass is 16.7. The number of nitrogens with one attached hydrogen (secondary N) is 1. The molecule has 0 aromatic carbocycles. The number of allylic oxidation sites excluding steroid dienone is 21. The first-order valence-electron chi connectivity index (χ1n) is 39.4. The Labute approximate surface area is 579 Å². The van der Waals surface area contributed by atoms with Crippen LogP contribution in [0.25, 0.3) is 0 Å². The molecule has 94 heavy (non-hydrogen) atoms. The zero-order valence-corrected chi connectivity index (χ0v) is 60.7. The van der Waals surface area contributed by atoms with Gasteiger partial charge in [-0.15, -0.1) is 0 Å². The van der Waals surface area contributed by atoms with Crippen molar-refractivity contribution in [1.29, 1.82) is 0 Å². The van der Waals surface area contributed by atoms with Gasteiger partial charge in [0.15, 0.2) is 6.29 Å². The van der Waals surface area contributed by atoms with Crippen molar-refractivity contribution in [2.75, 3.05) is 13.2 Å². The molecule has 540 valence electrons. The second-order valence-electron chi connectivity index (χ2n) is 26.8. The monoisotopic (exact) mass is 1310 g/mol. The smallest absolute Gasteiger partial charge is 0.220 e. The summed E-state index contributed by atoms with van der Waals surface area (Å²) in [6, 6.07) is -0.818. The first-order chi connectivity index (χ1) is 46.3. The minimum absolute atomic E-state index is 0.182. The van der Waals surface area contributed by atoms with Crippen molar-refractivity contribution >= 4 is 5.91 Å². The second-order valence-corrected chi connectivity index (χ2v) is 26.8. The van der Waals surface area contributed by atoms with Gasteiger partial charge in [-0.1, -0.05) is 372 Å². The molecule has 1 rings (SSSR count). The minimum Gasteiger partial charge on any atom is -0.394 e. The van der Waals surface area contributed by atoms with Crippen LogP contribution in [0.1, 0.15) is 341 Å². The molecule has 7 unspecified atom stereocenters. The zero-order chi connectivity index (χ0) is 67.8. The number of hydrogen-bond donors (Lipinski definition) is 6. The summed E-state index contributed by atoms with van der Waals surface area (Å²) < 4.78 is 11.3. The molecular weight excluding hydrogens is 1160 g/mol. The Morgan fingerprint density at radius 3 is 0.979 bits per heavy atom. The van der Waals surface area contributed by atoms with Crippen LogP contribution in [0.5, 0.6) is 0 Å². The van der Waals surface area contributed by atoms with E-state index in [1.807, 2.05) is 6.08 Å². The van der Waals surface area contributed by atoms with E-state index in [0.29, 0.717) is 6.42 Å². The molecule has 9 nitrogen and oxygen atoms in total. The molecule has 6 N–H and O–H groups in total. The van der Waals surface area contributed by atoms with Crippen molar-refractivity contribution in [1.82, 2.24) is 5.32 Å². The summed E-state index contributed by atoms with van der Waals surface area (Å²) in [6.45, 7) is 3.70. The van der Waals surface area contributed by atoms with Gasteiger partial charge in [-0.25, -0.2) is 0 Å². The predicted molar refractivity (Wildman–Crippen MR) is 405 cm³/mol. The van der Waals surface area contributed by atoms with E-state index < -0.39 is 49.5 Å². The summed E-state index contributed by atoms with van der Waals surface area (Å²) >= 11 is 0. The molecule has 0 aromatic rings. The maximum atomic E-state index is 13.2. The molecule has 0 radical (unpaired) electrons. The van der Waals surface area contributed by atoms with Gasteiger partial charge in [-0.3, -0.25) is 4.79 Å². The number of rotatable bonds is 68. The summed E-state index contributed by atoms with van der Waals surface area (Å²) in [5.74, 6) is -0.182. The van der Waals surface area contributed by atoms with Crippen LogP contribution >= 0.6 is 0 Å². The Hall–Kier alpha value is -3.67.